The number of hydrogen-bond donors (Lipinski definition) is 2. The van der Waals surface area contributed by atoms with Crippen molar-refractivity contribution in [2.75, 3.05) is 13.2 Å². The van der Waals surface area contributed by atoms with Gasteiger partial charge in [-0.2, -0.15) is 0 Å². The fourth-order valence-electron chi connectivity index (χ4n) is 4.44. The van der Waals surface area contributed by atoms with Gasteiger partial charge in [-0.05, 0) is 68.9 Å². The second kappa shape index (κ2) is 7.41. The van der Waals surface area contributed by atoms with Crippen LogP contribution in [-0.4, -0.2) is 46.4 Å². The number of urea groups is 1. The lowest BCUT2D eigenvalue weighted by Crippen LogP contribution is -2.52. The maximum Gasteiger partial charge on any atom is 0.325 e. The molecule has 0 atom stereocenters. The Bertz CT molecular complexity index is 784. The zero-order valence-electron chi connectivity index (χ0n) is 15.9. The minimum atomic E-state index is -0.594. The Morgan fingerprint density at radius 1 is 1.25 bits per heavy atom. The van der Waals surface area contributed by atoms with Crippen LogP contribution in [0.5, 0.6) is 5.88 Å². The molecule has 1 aliphatic heterocycles. The summed E-state index contributed by atoms with van der Waals surface area (Å²) in [6.07, 6.45) is 7.91. The molecule has 1 aromatic heterocycles. The van der Waals surface area contributed by atoms with Gasteiger partial charge in [0.2, 0.25) is 5.88 Å². The molecule has 2 heterocycles. The Hall–Kier alpha value is -2.64. The number of rotatable bonds is 6. The summed E-state index contributed by atoms with van der Waals surface area (Å²) in [4.78, 5) is 41.8. The van der Waals surface area contributed by atoms with E-state index in [1.165, 1.54) is 4.90 Å². The van der Waals surface area contributed by atoms with Gasteiger partial charge in [0, 0.05) is 12.7 Å². The number of pyridine rings is 1. The summed E-state index contributed by atoms with van der Waals surface area (Å²) < 4.78 is 5.75. The number of nitrogens with two attached hydrogens (primary N) is 1. The molecule has 3 fully saturated rings. The first-order valence-electron chi connectivity index (χ1n) is 10.0. The van der Waals surface area contributed by atoms with E-state index >= 15 is 0 Å². The van der Waals surface area contributed by atoms with E-state index in [0.717, 1.165) is 44.9 Å². The highest BCUT2D eigenvalue weighted by atomic mass is 16.5. The molecule has 0 aromatic carbocycles. The van der Waals surface area contributed by atoms with Gasteiger partial charge in [0.1, 0.15) is 11.1 Å². The van der Waals surface area contributed by atoms with Gasteiger partial charge < -0.3 is 15.8 Å². The van der Waals surface area contributed by atoms with Gasteiger partial charge in [0.05, 0.1) is 6.61 Å². The zero-order chi connectivity index (χ0) is 19.7. The standard InChI is InChI=1S/C20H26N4O4/c21-16(25)15-3-1-10-22-17(15)28-12-14-6-4-13(5-7-14)11-24-18(26)20(8-2-9-20)23-19(24)27/h1,3,10,13-14H,2,4-9,11-12H2,(H2,21,25)(H,23,27)/t13-,14-. The van der Waals surface area contributed by atoms with Crippen molar-refractivity contribution in [1.82, 2.24) is 15.2 Å². The molecule has 3 N–H and O–H groups in total. The van der Waals surface area contributed by atoms with Crippen molar-refractivity contribution < 1.29 is 19.1 Å². The van der Waals surface area contributed by atoms with E-state index in [4.69, 9.17) is 10.5 Å². The number of carbonyl (C=O) groups excluding carboxylic acids is 3. The number of nitrogens with zero attached hydrogens (tertiary/aromatic N) is 2. The molecule has 28 heavy (non-hydrogen) atoms. The molecule has 8 nitrogen and oxygen atoms in total. The number of primary amides is 1. The number of ether oxygens (including phenoxy) is 1. The van der Waals surface area contributed by atoms with Gasteiger partial charge in [0.25, 0.3) is 11.8 Å². The first-order chi connectivity index (χ1) is 13.5. The molecular weight excluding hydrogens is 360 g/mol. The van der Waals surface area contributed by atoms with Gasteiger partial charge in [-0.3, -0.25) is 14.5 Å². The molecule has 0 radical (unpaired) electrons. The van der Waals surface area contributed by atoms with E-state index < -0.39 is 11.4 Å². The number of carbonyl (C=O) groups is 3. The van der Waals surface area contributed by atoms with Gasteiger partial charge in [-0.25, -0.2) is 9.78 Å². The van der Waals surface area contributed by atoms with Crippen molar-refractivity contribution >= 4 is 17.8 Å². The van der Waals surface area contributed by atoms with E-state index in [0.29, 0.717) is 30.6 Å². The van der Waals surface area contributed by atoms with Crippen molar-refractivity contribution in [3.8, 4) is 5.88 Å². The Balaban J connectivity index is 1.26. The molecule has 150 valence electrons. The van der Waals surface area contributed by atoms with Gasteiger partial charge in [-0.15, -0.1) is 0 Å². The van der Waals surface area contributed by atoms with Crippen LogP contribution in [0.3, 0.4) is 0 Å². The Labute approximate surface area is 163 Å². The number of imide groups is 1. The highest BCUT2D eigenvalue weighted by molar-refractivity contribution is 6.07. The molecule has 1 spiro atoms. The Morgan fingerprint density at radius 2 is 1.96 bits per heavy atom. The summed E-state index contributed by atoms with van der Waals surface area (Å²) in [5.41, 5.74) is 5.05. The SMILES string of the molecule is NC(=O)c1cccnc1OC[C@H]1CC[C@H](CN2C(=O)NC3(CCC3)C2=O)CC1. The minimum absolute atomic E-state index is 0.0386. The molecule has 8 heteroatoms. The fraction of sp³-hybridized carbons (Fsp3) is 0.600. The van der Waals surface area contributed by atoms with Crippen LogP contribution in [0, 0.1) is 11.8 Å². The third-order valence-electron chi connectivity index (χ3n) is 6.35. The van der Waals surface area contributed by atoms with Gasteiger partial charge in [-0.1, -0.05) is 0 Å². The summed E-state index contributed by atoms with van der Waals surface area (Å²) in [7, 11) is 0. The van der Waals surface area contributed by atoms with E-state index in [1.807, 2.05) is 0 Å². The monoisotopic (exact) mass is 386 g/mol. The van der Waals surface area contributed by atoms with E-state index in [9.17, 15) is 14.4 Å². The van der Waals surface area contributed by atoms with Gasteiger partial charge in [0.15, 0.2) is 0 Å². The summed E-state index contributed by atoms with van der Waals surface area (Å²) in [6.45, 7) is 0.988. The quantitative estimate of drug-likeness (QED) is 0.724. The summed E-state index contributed by atoms with van der Waals surface area (Å²) in [5.74, 6) is 0.382. The lowest BCUT2D eigenvalue weighted by Gasteiger charge is -2.35. The molecule has 1 aromatic rings. The number of amides is 4. The Morgan fingerprint density at radius 3 is 2.57 bits per heavy atom. The van der Waals surface area contributed by atoms with Crippen molar-refractivity contribution in [1.29, 1.82) is 0 Å². The van der Waals surface area contributed by atoms with E-state index in [-0.39, 0.29) is 17.8 Å². The van der Waals surface area contributed by atoms with Crippen LogP contribution in [0.15, 0.2) is 18.3 Å². The summed E-state index contributed by atoms with van der Waals surface area (Å²) >= 11 is 0. The van der Waals surface area contributed by atoms with E-state index in [1.54, 1.807) is 18.3 Å². The van der Waals surface area contributed by atoms with E-state index in [2.05, 4.69) is 10.3 Å². The second-order valence-corrected chi connectivity index (χ2v) is 8.20. The van der Waals surface area contributed by atoms with Crippen LogP contribution in [-0.2, 0) is 4.79 Å². The molecule has 3 aliphatic rings. The van der Waals surface area contributed by atoms with Crippen LogP contribution in [0.25, 0.3) is 0 Å². The lowest BCUT2D eigenvalue weighted by atomic mass is 9.76. The molecule has 4 rings (SSSR count). The van der Waals surface area contributed by atoms with Crippen molar-refractivity contribution in [3.63, 3.8) is 0 Å². The molecule has 1 saturated heterocycles. The highest BCUT2D eigenvalue weighted by Crippen LogP contribution is 2.38. The van der Waals surface area contributed by atoms with Crippen LogP contribution >= 0.6 is 0 Å². The number of nitrogens with one attached hydrogen (secondary N) is 1. The molecule has 4 amide bonds. The molecule has 0 unspecified atom stereocenters. The Kier molecular flexibility index (Phi) is 4.95. The molecular formula is C20H26N4O4. The molecule has 0 bridgehead atoms. The fourth-order valence-corrected chi connectivity index (χ4v) is 4.44. The summed E-state index contributed by atoms with van der Waals surface area (Å²) in [5, 5.41) is 2.89. The first kappa shape index (κ1) is 18.7. The van der Waals surface area contributed by atoms with Crippen molar-refractivity contribution in [2.24, 2.45) is 17.6 Å². The molecule has 2 aliphatic carbocycles. The number of aromatic nitrogens is 1. The largest absolute Gasteiger partial charge is 0.477 e. The number of hydrogen-bond acceptors (Lipinski definition) is 5. The molecule has 2 saturated carbocycles. The highest BCUT2D eigenvalue weighted by Gasteiger charge is 2.54. The average molecular weight is 386 g/mol. The van der Waals surface area contributed by atoms with Crippen molar-refractivity contribution in [3.05, 3.63) is 23.9 Å². The predicted molar refractivity (Wildman–Crippen MR) is 101 cm³/mol. The lowest BCUT2D eigenvalue weighted by molar-refractivity contribution is -0.134. The smallest absolute Gasteiger partial charge is 0.325 e. The second-order valence-electron chi connectivity index (χ2n) is 8.20. The van der Waals surface area contributed by atoms with Crippen LogP contribution in [0.1, 0.15) is 55.3 Å². The zero-order valence-corrected chi connectivity index (χ0v) is 15.9. The van der Waals surface area contributed by atoms with Crippen LogP contribution in [0.4, 0.5) is 4.79 Å². The predicted octanol–water partition coefficient (Wildman–Crippen LogP) is 1.84. The third-order valence-corrected chi connectivity index (χ3v) is 6.35. The maximum absolute atomic E-state index is 12.6. The van der Waals surface area contributed by atoms with Crippen molar-refractivity contribution in [2.45, 2.75) is 50.5 Å². The topological polar surface area (TPSA) is 115 Å². The van der Waals surface area contributed by atoms with Gasteiger partial charge >= 0.3 is 6.03 Å². The minimum Gasteiger partial charge on any atom is -0.477 e. The third kappa shape index (κ3) is 3.43. The first-order valence-corrected chi connectivity index (χ1v) is 10.0. The van der Waals surface area contributed by atoms with Crippen LogP contribution < -0.4 is 15.8 Å². The maximum atomic E-state index is 12.6. The summed E-state index contributed by atoms with van der Waals surface area (Å²) in [6, 6.07) is 3.03. The van der Waals surface area contributed by atoms with Crippen LogP contribution in [0.2, 0.25) is 0 Å². The average Bonchev–Trinajstić information content (AvgIpc) is 2.92. The normalized spacial score (nSPS) is 26.1.